The molecule has 2 aromatic heterocycles. The number of likely N-dealkylation sites (tertiary alicyclic amines) is 1. The van der Waals surface area contributed by atoms with Crippen molar-refractivity contribution in [1.82, 2.24) is 20.3 Å². The number of aromatic nitrogens is 2. The number of thiophene rings is 1. The largest absolute Gasteiger partial charge is 0.341 e. The van der Waals surface area contributed by atoms with Gasteiger partial charge in [-0.1, -0.05) is 20.8 Å². The molecule has 0 bridgehead atoms. The van der Waals surface area contributed by atoms with E-state index in [2.05, 4.69) is 20.8 Å². The summed E-state index contributed by atoms with van der Waals surface area (Å²) in [6, 6.07) is 0. The highest BCUT2D eigenvalue weighted by Crippen LogP contribution is 2.37. The molecular formula is C21H29N5O2S. The highest BCUT2D eigenvalue weighted by Gasteiger charge is 2.33. The van der Waals surface area contributed by atoms with Gasteiger partial charge < -0.3 is 4.90 Å². The topological polar surface area (TPSA) is 87.2 Å². The Labute approximate surface area is 175 Å². The predicted molar refractivity (Wildman–Crippen MR) is 115 cm³/mol. The molecule has 29 heavy (non-hydrogen) atoms. The van der Waals surface area contributed by atoms with Crippen LogP contribution in [0.2, 0.25) is 0 Å². The highest BCUT2D eigenvalue weighted by atomic mass is 32.1. The van der Waals surface area contributed by atoms with Crippen molar-refractivity contribution in [2.24, 2.45) is 11.3 Å². The lowest BCUT2D eigenvalue weighted by Gasteiger charge is -2.35. The number of hydrazine groups is 1. The van der Waals surface area contributed by atoms with Gasteiger partial charge in [-0.25, -0.2) is 9.97 Å². The number of amides is 2. The first kappa shape index (κ1) is 20.1. The summed E-state index contributed by atoms with van der Waals surface area (Å²) in [7, 11) is 0. The molecule has 7 nitrogen and oxygen atoms in total. The van der Waals surface area contributed by atoms with Crippen LogP contribution >= 0.6 is 11.3 Å². The zero-order chi connectivity index (χ0) is 20.6. The quantitative estimate of drug-likeness (QED) is 0.751. The van der Waals surface area contributed by atoms with Crippen LogP contribution in [-0.2, 0) is 22.4 Å². The van der Waals surface area contributed by atoms with Crippen molar-refractivity contribution in [3.05, 3.63) is 16.8 Å². The van der Waals surface area contributed by atoms with Crippen LogP contribution in [0.4, 0.5) is 5.82 Å². The van der Waals surface area contributed by atoms with Gasteiger partial charge in [-0.15, -0.1) is 11.3 Å². The number of fused-ring (bicyclic) bond motifs is 3. The predicted octanol–water partition coefficient (Wildman–Crippen LogP) is 3.30. The maximum atomic E-state index is 12.8. The summed E-state index contributed by atoms with van der Waals surface area (Å²) in [6.45, 7) is 6.95. The molecule has 1 aliphatic carbocycles. The first-order valence-corrected chi connectivity index (χ1v) is 11.3. The van der Waals surface area contributed by atoms with E-state index in [0.29, 0.717) is 12.4 Å². The molecule has 8 heteroatoms. The Morgan fingerprint density at radius 2 is 1.97 bits per heavy atom. The third-order valence-corrected chi connectivity index (χ3v) is 6.98. The summed E-state index contributed by atoms with van der Waals surface area (Å²) >= 11 is 1.73. The molecule has 0 saturated carbocycles. The average molecular weight is 416 g/mol. The van der Waals surface area contributed by atoms with Crippen molar-refractivity contribution in [3.8, 4) is 0 Å². The van der Waals surface area contributed by atoms with Gasteiger partial charge in [0.1, 0.15) is 11.2 Å². The molecule has 1 aliphatic heterocycles. The van der Waals surface area contributed by atoms with Crippen molar-refractivity contribution in [2.75, 3.05) is 18.5 Å². The van der Waals surface area contributed by atoms with E-state index in [1.807, 2.05) is 25.7 Å². The van der Waals surface area contributed by atoms with Crippen molar-refractivity contribution >= 4 is 39.2 Å². The van der Waals surface area contributed by atoms with Crippen LogP contribution in [0, 0.1) is 11.3 Å². The number of aryl methyl sites for hydroxylation is 2. The molecule has 1 fully saturated rings. The summed E-state index contributed by atoms with van der Waals surface area (Å²) in [5.74, 6) is 0.468. The van der Waals surface area contributed by atoms with Crippen molar-refractivity contribution < 1.29 is 9.59 Å². The van der Waals surface area contributed by atoms with Gasteiger partial charge in [-0.2, -0.15) is 0 Å². The van der Waals surface area contributed by atoms with E-state index in [1.165, 1.54) is 23.3 Å². The maximum absolute atomic E-state index is 12.8. The van der Waals surface area contributed by atoms with Gasteiger partial charge in [0.2, 0.25) is 11.8 Å². The number of hydrogen-bond donors (Lipinski definition) is 2. The van der Waals surface area contributed by atoms with Gasteiger partial charge in [-0.3, -0.25) is 20.4 Å². The Bertz CT molecular complexity index is 933. The molecule has 0 spiro atoms. The summed E-state index contributed by atoms with van der Waals surface area (Å²) < 4.78 is 0. The lowest BCUT2D eigenvalue weighted by atomic mass is 9.91. The first-order chi connectivity index (χ1) is 13.8. The first-order valence-electron chi connectivity index (χ1n) is 10.4. The van der Waals surface area contributed by atoms with Gasteiger partial charge in [0.25, 0.3) is 0 Å². The fourth-order valence-electron chi connectivity index (χ4n) is 4.26. The fraction of sp³-hybridized carbons (Fsp3) is 0.619. The van der Waals surface area contributed by atoms with E-state index in [0.717, 1.165) is 42.4 Å². The van der Waals surface area contributed by atoms with Gasteiger partial charge in [0.15, 0.2) is 5.82 Å². The molecule has 2 aromatic rings. The SMILES string of the molecule is CC(C)(C)C(=O)N1CCC[C@H](C(=O)NNc2ncnc3sc4c(c23)CCCC4)C1. The van der Waals surface area contributed by atoms with Gasteiger partial charge in [0, 0.05) is 23.4 Å². The van der Waals surface area contributed by atoms with Crippen LogP contribution in [0.25, 0.3) is 10.2 Å². The highest BCUT2D eigenvalue weighted by molar-refractivity contribution is 7.19. The minimum absolute atomic E-state index is 0.0905. The third kappa shape index (κ3) is 4.08. The molecule has 2 N–H and O–H groups in total. The summed E-state index contributed by atoms with van der Waals surface area (Å²) in [5.41, 5.74) is 6.79. The van der Waals surface area contributed by atoms with E-state index < -0.39 is 5.41 Å². The van der Waals surface area contributed by atoms with Crippen LogP contribution < -0.4 is 10.9 Å². The van der Waals surface area contributed by atoms with E-state index >= 15 is 0 Å². The molecule has 1 saturated heterocycles. The zero-order valence-corrected chi connectivity index (χ0v) is 18.2. The fourth-order valence-corrected chi connectivity index (χ4v) is 5.49. The Kier molecular flexibility index (Phi) is 5.46. The van der Waals surface area contributed by atoms with Crippen LogP contribution in [0.5, 0.6) is 0 Å². The summed E-state index contributed by atoms with van der Waals surface area (Å²) in [5, 5.41) is 1.04. The van der Waals surface area contributed by atoms with Crippen LogP contribution in [0.1, 0.15) is 56.9 Å². The van der Waals surface area contributed by atoms with Crippen molar-refractivity contribution in [2.45, 2.75) is 59.3 Å². The summed E-state index contributed by atoms with van der Waals surface area (Å²) in [6.07, 6.45) is 7.71. The molecule has 2 aliphatic rings. The number of nitrogens with one attached hydrogen (secondary N) is 2. The number of anilines is 1. The lowest BCUT2D eigenvalue weighted by molar-refractivity contribution is -0.142. The van der Waals surface area contributed by atoms with E-state index in [9.17, 15) is 9.59 Å². The van der Waals surface area contributed by atoms with Gasteiger partial charge in [0.05, 0.1) is 11.3 Å². The molecule has 0 aromatic carbocycles. The number of rotatable bonds is 3. The number of carbonyl (C=O) groups excluding carboxylic acids is 2. The van der Waals surface area contributed by atoms with Crippen LogP contribution in [0.3, 0.4) is 0 Å². The molecule has 1 atom stereocenters. The van der Waals surface area contributed by atoms with Crippen molar-refractivity contribution in [3.63, 3.8) is 0 Å². The average Bonchev–Trinajstić information content (AvgIpc) is 3.10. The Morgan fingerprint density at radius 1 is 1.17 bits per heavy atom. The van der Waals surface area contributed by atoms with Crippen LogP contribution in [0.15, 0.2) is 6.33 Å². The maximum Gasteiger partial charge on any atom is 0.243 e. The molecule has 4 rings (SSSR count). The number of piperidine rings is 1. The normalized spacial score (nSPS) is 19.7. The zero-order valence-electron chi connectivity index (χ0n) is 17.4. The Hall–Kier alpha value is -2.22. The Balaban J connectivity index is 1.45. The van der Waals surface area contributed by atoms with Gasteiger partial charge >= 0.3 is 0 Å². The molecule has 156 valence electrons. The third-order valence-electron chi connectivity index (χ3n) is 5.78. The molecule has 3 heterocycles. The number of nitrogens with zero attached hydrogens (tertiary/aromatic N) is 3. The minimum atomic E-state index is -0.429. The van der Waals surface area contributed by atoms with Gasteiger partial charge in [-0.05, 0) is 44.1 Å². The second-order valence-corrected chi connectivity index (χ2v) is 10.2. The Morgan fingerprint density at radius 3 is 2.76 bits per heavy atom. The standard InChI is InChI=1S/C21H29N5O2S/c1-21(2,3)20(28)26-10-6-7-13(11-26)18(27)25-24-17-16-14-8-4-5-9-15(14)29-19(16)23-12-22-17/h12-13H,4-11H2,1-3H3,(H,25,27)(H,22,23,24)/t13-/m0/s1. The number of carbonyl (C=O) groups is 2. The monoisotopic (exact) mass is 415 g/mol. The minimum Gasteiger partial charge on any atom is -0.341 e. The molecule has 0 unspecified atom stereocenters. The van der Waals surface area contributed by atoms with Crippen LogP contribution in [-0.4, -0.2) is 39.8 Å². The molecular weight excluding hydrogens is 386 g/mol. The summed E-state index contributed by atoms with van der Waals surface area (Å²) in [4.78, 5) is 38.4. The number of hydrogen-bond acceptors (Lipinski definition) is 6. The van der Waals surface area contributed by atoms with E-state index in [4.69, 9.17) is 0 Å². The second-order valence-electron chi connectivity index (χ2n) is 9.07. The van der Waals surface area contributed by atoms with E-state index in [1.54, 1.807) is 17.7 Å². The molecule has 2 amide bonds. The van der Waals surface area contributed by atoms with Crippen molar-refractivity contribution in [1.29, 1.82) is 0 Å². The lowest BCUT2D eigenvalue weighted by Crippen LogP contribution is -2.49. The molecule has 0 radical (unpaired) electrons. The smallest absolute Gasteiger partial charge is 0.243 e. The second kappa shape index (κ2) is 7.89. The van der Waals surface area contributed by atoms with E-state index in [-0.39, 0.29) is 17.7 Å².